The van der Waals surface area contributed by atoms with E-state index in [1.54, 1.807) is 13.0 Å². The molecule has 0 bridgehead atoms. The van der Waals surface area contributed by atoms with Gasteiger partial charge in [0.15, 0.2) is 5.41 Å². The van der Waals surface area contributed by atoms with Crippen LogP contribution in [-0.2, 0) is 0 Å². The van der Waals surface area contributed by atoms with Gasteiger partial charge in [0.1, 0.15) is 5.75 Å². The van der Waals surface area contributed by atoms with Crippen molar-refractivity contribution in [1.82, 2.24) is 0 Å². The number of nitriles is 2. The highest BCUT2D eigenvalue weighted by molar-refractivity contribution is 5.34. The maximum absolute atomic E-state index is 12.1. The van der Waals surface area contributed by atoms with Gasteiger partial charge < -0.3 is 4.74 Å². The number of halogens is 3. The van der Waals surface area contributed by atoms with Crippen LogP contribution in [0.15, 0.2) is 36.9 Å². The molecular weight excluding hydrogens is 293 g/mol. The van der Waals surface area contributed by atoms with Crippen LogP contribution in [0.25, 0.3) is 0 Å². The van der Waals surface area contributed by atoms with Crippen molar-refractivity contribution in [1.29, 1.82) is 10.5 Å². The molecule has 0 saturated heterocycles. The molecular formula is C16H15F3N2O. The van der Waals surface area contributed by atoms with Crippen molar-refractivity contribution in [3.63, 3.8) is 0 Å². The zero-order chi connectivity index (χ0) is 16.8. The van der Waals surface area contributed by atoms with Crippen LogP contribution in [0.4, 0.5) is 13.2 Å². The first-order chi connectivity index (χ1) is 10.3. The summed E-state index contributed by atoms with van der Waals surface area (Å²) in [7, 11) is 0. The van der Waals surface area contributed by atoms with Gasteiger partial charge in [-0.15, -0.1) is 19.8 Å². The summed E-state index contributed by atoms with van der Waals surface area (Å²) < 4.78 is 40.2. The van der Waals surface area contributed by atoms with Crippen LogP contribution >= 0.6 is 0 Å². The van der Waals surface area contributed by atoms with E-state index in [1.807, 2.05) is 12.1 Å². The summed E-state index contributed by atoms with van der Waals surface area (Å²) in [6.45, 7) is 5.27. The summed E-state index contributed by atoms with van der Waals surface area (Å²) >= 11 is 0. The summed E-state index contributed by atoms with van der Waals surface area (Å²) in [5.74, 6) is -0.795. The average Bonchev–Trinajstić information content (AvgIpc) is 2.48. The Kier molecular flexibility index (Phi) is 5.59. The molecule has 0 aromatic heterocycles. The second-order valence-electron chi connectivity index (χ2n) is 4.86. The van der Waals surface area contributed by atoms with Crippen molar-refractivity contribution >= 4 is 0 Å². The molecule has 0 fully saturated rings. The Morgan fingerprint density at radius 1 is 1.23 bits per heavy atom. The molecule has 1 rings (SSSR count). The maximum Gasteiger partial charge on any atom is 0.573 e. The Bertz CT molecular complexity index is 580. The number of alkyl halides is 3. The zero-order valence-corrected chi connectivity index (χ0v) is 12.0. The molecule has 1 aromatic carbocycles. The monoisotopic (exact) mass is 308 g/mol. The summed E-state index contributed by atoms with van der Waals surface area (Å²) in [6, 6.07) is 9.28. The average molecular weight is 308 g/mol. The van der Waals surface area contributed by atoms with Gasteiger partial charge >= 0.3 is 6.36 Å². The lowest BCUT2D eigenvalue weighted by Crippen LogP contribution is -2.24. The van der Waals surface area contributed by atoms with Gasteiger partial charge in [-0.1, -0.05) is 25.1 Å². The highest BCUT2D eigenvalue weighted by Gasteiger charge is 2.37. The lowest BCUT2D eigenvalue weighted by molar-refractivity contribution is -0.274. The lowest BCUT2D eigenvalue weighted by atomic mass is 9.72. The maximum atomic E-state index is 12.1. The van der Waals surface area contributed by atoms with E-state index in [2.05, 4.69) is 11.3 Å². The third-order valence-electron chi connectivity index (χ3n) is 3.49. The standard InChI is InChI=1S/C16H15F3N2O/c1-3-4-9-15(10-20,11-21)12(2)13-5-7-14(8-6-13)22-16(17,18)19/h3,5-8,12H,1,4,9H2,2H3. The van der Waals surface area contributed by atoms with Crippen LogP contribution < -0.4 is 4.74 Å². The van der Waals surface area contributed by atoms with Crippen molar-refractivity contribution < 1.29 is 17.9 Å². The number of allylic oxidation sites excluding steroid dienone is 1. The van der Waals surface area contributed by atoms with Crippen LogP contribution in [0.3, 0.4) is 0 Å². The Morgan fingerprint density at radius 2 is 1.77 bits per heavy atom. The molecule has 0 N–H and O–H groups in total. The van der Waals surface area contributed by atoms with Gasteiger partial charge in [0.25, 0.3) is 0 Å². The second kappa shape index (κ2) is 7.00. The first kappa shape index (κ1) is 17.6. The fraction of sp³-hybridized carbons (Fsp3) is 0.375. The smallest absolute Gasteiger partial charge is 0.406 e. The largest absolute Gasteiger partial charge is 0.573 e. The molecule has 0 heterocycles. The molecule has 0 aliphatic carbocycles. The van der Waals surface area contributed by atoms with Crippen LogP contribution in [0, 0.1) is 28.1 Å². The van der Waals surface area contributed by atoms with Crippen LogP contribution in [0.2, 0.25) is 0 Å². The molecule has 1 unspecified atom stereocenters. The third kappa shape index (κ3) is 4.26. The Labute approximate surface area is 127 Å². The highest BCUT2D eigenvalue weighted by Crippen LogP contribution is 2.39. The first-order valence-electron chi connectivity index (χ1n) is 6.57. The van der Waals surface area contributed by atoms with Gasteiger partial charge in [0.05, 0.1) is 12.1 Å². The summed E-state index contributed by atoms with van der Waals surface area (Å²) in [5.41, 5.74) is -0.651. The quantitative estimate of drug-likeness (QED) is 0.716. The van der Waals surface area contributed by atoms with Crippen molar-refractivity contribution in [2.75, 3.05) is 0 Å². The minimum atomic E-state index is -4.75. The molecule has 3 nitrogen and oxygen atoms in total. The summed E-state index contributed by atoms with van der Waals surface area (Å²) in [4.78, 5) is 0. The van der Waals surface area contributed by atoms with Crippen LogP contribution in [0.5, 0.6) is 5.75 Å². The topological polar surface area (TPSA) is 56.8 Å². The normalized spacial score (nSPS) is 12.8. The van der Waals surface area contributed by atoms with Crippen molar-refractivity contribution in [2.45, 2.75) is 32.0 Å². The van der Waals surface area contributed by atoms with Gasteiger partial charge in [0.2, 0.25) is 0 Å². The van der Waals surface area contributed by atoms with E-state index in [9.17, 15) is 23.7 Å². The highest BCUT2D eigenvalue weighted by atomic mass is 19.4. The van der Waals surface area contributed by atoms with Crippen molar-refractivity contribution in [3.05, 3.63) is 42.5 Å². The Hall–Kier alpha value is -2.47. The number of benzene rings is 1. The Balaban J connectivity index is 3.01. The molecule has 0 aliphatic heterocycles. The summed E-state index contributed by atoms with van der Waals surface area (Å²) in [6.07, 6.45) is -2.32. The second-order valence-corrected chi connectivity index (χ2v) is 4.86. The first-order valence-corrected chi connectivity index (χ1v) is 6.57. The number of rotatable bonds is 6. The lowest BCUT2D eigenvalue weighted by Gasteiger charge is -2.26. The minimum Gasteiger partial charge on any atom is -0.406 e. The molecule has 1 aromatic rings. The predicted octanol–water partition coefficient (Wildman–Crippen LogP) is 4.69. The van der Waals surface area contributed by atoms with Gasteiger partial charge in [-0.05, 0) is 30.5 Å². The van der Waals surface area contributed by atoms with E-state index in [0.29, 0.717) is 18.4 Å². The van der Waals surface area contributed by atoms with E-state index in [4.69, 9.17) is 0 Å². The fourth-order valence-corrected chi connectivity index (χ4v) is 2.12. The molecule has 22 heavy (non-hydrogen) atoms. The zero-order valence-electron chi connectivity index (χ0n) is 12.0. The number of ether oxygens (including phenoxy) is 1. The van der Waals surface area contributed by atoms with E-state index in [0.717, 1.165) is 0 Å². The number of hydrogen-bond donors (Lipinski definition) is 0. The third-order valence-corrected chi connectivity index (χ3v) is 3.49. The number of hydrogen-bond acceptors (Lipinski definition) is 3. The summed E-state index contributed by atoms with van der Waals surface area (Å²) in [5, 5.41) is 18.7. The van der Waals surface area contributed by atoms with E-state index < -0.39 is 17.7 Å². The molecule has 0 saturated carbocycles. The van der Waals surface area contributed by atoms with E-state index in [-0.39, 0.29) is 5.75 Å². The molecule has 116 valence electrons. The molecule has 0 amide bonds. The minimum absolute atomic E-state index is 0.311. The van der Waals surface area contributed by atoms with Crippen LogP contribution in [-0.4, -0.2) is 6.36 Å². The van der Waals surface area contributed by atoms with Gasteiger partial charge in [-0.25, -0.2) is 0 Å². The molecule has 0 spiro atoms. The Morgan fingerprint density at radius 3 is 2.18 bits per heavy atom. The molecule has 1 atom stereocenters. The van der Waals surface area contributed by atoms with E-state index >= 15 is 0 Å². The van der Waals surface area contributed by atoms with E-state index in [1.165, 1.54) is 24.3 Å². The molecule has 6 heteroatoms. The van der Waals surface area contributed by atoms with Gasteiger partial charge in [0, 0.05) is 5.92 Å². The van der Waals surface area contributed by atoms with Gasteiger partial charge in [-0.3, -0.25) is 0 Å². The molecule has 0 aliphatic rings. The van der Waals surface area contributed by atoms with Gasteiger partial charge in [-0.2, -0.15) is 10.5 Å². The number of nitrogens with zero attached hydrogens (tertiary/aromatic N) is 2. The SMILES string of the molecule is C=CCCC(C#N)(C#N)C(C)c1ccc(OC(F)(F)F)cc1. The van der Waals surface area contributed by atoms with Crippen molar-refractivity contribution in [2.24, 2.45) is 5.41 Å². The predicted molar refractivity (Wildman–Crippen MR) is 74.6 cm³/mol. The van der Waals surface area contributed by atoms with Crippen LogP contribution in [0.1, 0.15) is 31.2 Å². The van der Waals surface area contributed by atoms with Crippen molar-refractivity contribution in [3.8, 4) is 17.9 Å². The molecule has 0 radical (unpaired) electrons. The fourth-order valence-electron chi connectivity index (χ4n) is 2.12.